The van der Waals surface area contributed by atoms with Gasteiger partial charge in [0.2, 0.25) is 0 Å². The maximum atomic E-state index is 11.9. The van der Waals surface area contributed by atoms with E-state index in [4.69, 9.17) is 0 Å². The van der Waals surface area contributed by atoms with Crippen LogP contribution < -0.4 is 0 Å². The summed E-state index contributed by atoms with van der Waals surface area (Å²) in [7, 11) is 0. The molecule has 4 aliphatic carbocycles. The average molecular weight is 347 g/mol. The molecule has 3 fully saturated rings. The highest BCUT2D eigenvalue weighted by atomic mass is 16.3. The molecule has 4 rings (SSSR count). The molecule has 0 heterocycles. The van der Waals surface area contributed by atoms with Gasteiger partial charge in [-0.3, -0.25) is 4.79 Å². The zero-order valence-electron chi connectivity index (χ0n) is 16.2. The van der Waals surface area contributed by atoms with E-state index in [1.54, 1.807) is 0 Å². The molecule has 3 saturated carbocycles. The van der Waals surface area contributed by atoms with Crippen molar-refractivity contribution in [3.05, 3.63) is 11.6 Å². The molecule has 25 heavy (non-hydrogen) atoms. The minimum Gasteiger partial charge on any atom is -0.393 e. The van der Waals surface area contributed by atoms with Crippen molar-refractivity contribution in [3.63, 3.8) is 0 Å². The van der Waals surface area contributed by atoms with Gasteiger partial charge in [-0.05, 0) is 93.0 Å². The van der Waals surface area contributed by atoms with Crippen LogP contribution >= 0.6 is 0 Å². The summed E-state index contributed by atoms with van der Waals surface area (Å²) in [4.78, 5) is 11.9. The van der Waals surface area contributed by atoms with Crippen LogP contribution in [0.1, 0.15) is 72.6 Å². The first-order valence-corrected chi connectivity index (χ1v) is 10.2. The fourth-order valence-electron chi connectivity index (χ4n) is 7.85. The Labute approximate surface area is 151 Å². The molecule has 4 unspecified atom stereocenters. The van der Waals surface area contributed by atoms with E-state index in [2.05, 4.69) is 13.8 Å². The Morgan fingerprint density at radius 3 is 2.56 bits per heavy atom. The Balaban J connectivity index is 1.71. The predicted octanol–water partition coefficient (Wildman–Crippen LogP) is 3.88. The van der Waals surface area contributed by atoms with Crippen LogP contribution in [0.25, 0.3) is 0 Å². The van der Waals surface area contributed by atoms with Crippen LogP contribution in [-0.2, 0) is 4.79 Å². The SMILES string of the molecule is CC(C)(O)[C@H]1CCC2C3CCC4=CC(=O)CC[C@]4(C)C3C(O)C[C@@]21C. The highest BCUT2D eigenvalue weighted by Gasteiger charge is 2.63. The van der Waals surface area contributed by atoms with Gasteiger partial charge in [0.25, 0.3) is 0 Å². The fourth-order valence-corrected chi connectivity index (χ4v) is 7.85. The molecular weight excluding hydrogens is 312 g/mol. The summed E-state index contributed by atoms with van der Waals surface area (Å²) < 4.78 is 0. The Hall–Kier alpha value is -0.670. The van der Waals surface area contributed by atoms with Crippen LogP contribution in [0.3, 0.4) is 0 Å². The average Bonchev–Trinajstić information content (AvgIpc) is 2.84. The molecule has 0 spiro atoms. The Morgan fingerprint density at radius 1 is 1.16 bits per heavy atom. The molecule has 0 bridgehead atoms. The zero-order chi connectivity index (χ0) is 18.2. The minimum absolute atomic E-state index is 0.00953. The molecule has 0 aromatic carbocycles. The Bertz CT molecular complexity index is 615. The summed E-state index contributed by atoms with van der Waals surface area (Å²) in [5.74, 6) is 1.92. The molecule has 3 nitrogen and oxygen atoms in total. The number of fused-ring (bicyclic) bond motifs is 5. The van der Waals surface area contributed by atoms with Gasteiger partial charge < -0.3 is 10.2 Å². The first-order valence-electron chi connectivity index (χ1n) is 10.2. The third-order valence-electron chi connectivity index (χ3n) is 8.75. The Kier molecular flexibility index (Phi) is 3.84. The van der Waals surface area contributed by atoms with E-state index in [0.29, 0.717) is 18.3 Å². The van der Waals surface area contributed by atoms with Gasteiger partial charge in [0.1, 0.15) is 0 Å². The number of aliphatic hydroxyl groups is 2. The molecule has 0 saturated heterocycles. The van der Waals surface area contributed by atoms with E-state index in [0.717, 1.165) is 32.1 Å². The summed E-state index contributed by atoms with van der Waals surface area (Å²) in [6, 6.07) is 0. The normalized spacial score (nSPS) is 49.9. The number of rotatable bonds is 1. The van der Waals surface area contributed by atoms with Crippen molar-refractivity contribution in [1.82, 2.24) is 0 Å². The molecule has 0 radical (unpaired) electrons. The largest absolute Gasteiger partial charge is 0.393 e. The third-order valence-corrected chi connectivity index (χ3v) is 8.75. The molecule has 7 atom stereocenters. The second-order valence-electron chi connectivity index (χ2n) is 10.4. The van der Waals surface area contributed by atoms with Gasteiger partial charge in [-0.15, -0.1) is 0 Å². The van der Waals surface area contributed by atoms with Crippen molar-refractivity contribution in [2.75, 3.05) is 0 Å². The van der Waals surface area contributed by atoms with Crippen LogP contribution in [0.2, 0.25) is 0 Å². The van der Waals surface area contributed by atoms with Crippen molar-refractivity contribution >= 4 is 5.78 Å². The number of ketones is 1. The van der Waals surface area contributed by atoms with Gasteiger partial charge in [-0.2, -0.15) is 0 Å². The predicted molar refractivity (Wildman–Crippen MR) is 97.9 cm³/mol. The first-order chi connectivity index (χ1) is 11.6. The van der Waals surface area contributed by atoms with Crippen molar-refractivity contribution in [1.29, 1.82) is 0 Å². The first kappa shape index (κ1) is 17.7. The minimum atomic E-state index is -0.684. The number of allylic oxidation sites excluding steroid dienone is 1. The lowest BCUT2D eigenvalue weighted by Gasteiger charge is -2.60. The van der Waals surface area contributed by atoms with Crippen LogP contribution in [0, 0.1) is 34.5 Å². The lowest BCUT2D eigenvalue weighted by Crippen LogP contribution is -2.58. The van der Waals surface area contributed by atoms with Crippen molar-refractivity contribution in [2.24, 2.45) is 34.5 Å². The second kappa shape index (κ2) is 5.42. The summed E-state index contributed by atoms with van der Waals surface area (Å²) in [5, 5.41) is 22.0. The lowest BCUT2D eigenvalue weighted by molar-refractivity contribution is -0.150. The quantitative estimate of drug-likeness (QED) is 0.757. The van der Waals surface area contributed by atoms with Gasteiger partial charge >= 0.3 is 0 Å². The van der Waals surface area contributed by atoms with E-state index in [1.165, 1.54) is 12.0 Å². The maximum absolute atomic E-state index is 11.9. The highest BCUT2D eigenvalue weighted by molar-refractivity contribution is 5.91. The summed E-state index contributed by atoms with van der Waals surface area (Å²) in [6.07, 6.45) is 8.24. The van der Waals surface area contributed by atoms with E-state index < -0.39 is 5.60 Å². The number of carbonyl (C=O) groups excluding carboxylic acids is 1. The monoisotopic (exact) mass is 346 g/mol. The van der Waals surface area contributed by atoms with E-state index in [1.807, 2.05) is 19.9 Å². The lowest BCUT2D eigenvalue weighted by atomic mass is 9.45. The molecule has 0 amide bonds. The maximum Gasteiger partial charge on any atom is 0.155 e. The molecule has 2 N–H and O–H groups in total. The van der Waals surface area contributed by atoms with Gasteiger partial charge in [-0.1, -0.05) is 19.4 Å². The number of carbonyl (C=O) groups is 1. The summed E-state index contributed by atoms with van der Waals surface area (Å²) in [5.41, 5.74) is 0.632. The van der Waals surface area contributed by atoms with Gasteiger partial charge in [0.15, 0.2) is 5.78 Å². The second-order valence-corrected chi connectivity index (χ2v) is 10.4. The highest BCUT2D eigenvalue weighted by Crippen LogP contribution is 2.67. The topological polar surface area (TPSA) is 57.5 Å². The molecule has 0 aromatic rings. The van der Waals surface area contributed by atoms with Crippen LogP contribution in [0.4, 0.5) is 0 Å². The van der Waals surface area contributed by atoms with Gasteiger partial charge in [0.05, 0.1) is 11.7 Å². The Morgan fingerprint density at radius 2 is 1.88 bits per heavy atom. The number of aliphatic hydroxyl groups excluding tert-OH is 1. The molecule has 0 aromatic heterocycles. The fraction of sp³-hybridized carbons (Fsp3) is 0.864. The van der Waals surface area contributed by atoms with Crippen molar-refractivity contribution in [3.8, 4) is 0 Å². The number of hydrogen-bond donors (Lipinski definition) is 2. The van der Waals surface area contributed by atoms with E-state index >= 15 is 0 Å². The summed E-state index contributed by atoms with van der Waals surface area (Å²) >= 11 is 0. The van der Waals surface area contributed by atoms with E-state index in [9.17, 15) is 15.0 Å². The molecular formula is C22H34O3. The third kappa shape index (κ3) is 2.41. The molecule has 0 aliphatic heterocycles. The van der Waals surface area contributed by atoms with Crippen molar-refractivity contribution < 1.29 is 15.0 Å². The smallest absolute Gasteiger partial charge is 0.155 e. The molecule has 4 aliphatic rings. The van der Waals surface area contributed by atoms with Crippen LogP contribution in [-0.4, -0.2) is 27.7 Å². The zero-order valence-corrected chi connectivity index (χ0v) is 16.2. The van der Waals surface area contributed by atoms with E-state index in [-0.39, 0.29) is 34.6 Å². The van der Waals surface area contributed by atoms with Gasteiger partial charge in [-0.25, -0.2) is 0 Å². The summed E-state index contributed by atoms with van der Waals surface area (Å²) in [6.45, 7) is 8.51. The van der Waals surface area contributed by atoms with Gasteiger partial charge in [0, 0.05) is 6.42 Å². The van der Waals surface area contributed by atoms with Crippen LogP contribution in [0.5, 0.6) is 0 Å². The van der Waals surface area contributed by atoms with Crippen molar-refractivity contribution in [2.45, 2.75) is 84.3 Å². The molecule has 140 valence electrons. The van der Waals surface area contributed by atoms with Crippen LogP contribution in [0.15, 0.2) is 11.6 Å². The molecule has 3 heteroatoms. The standard InChI is InChI=1S/C22H34O3/c1-20(2,25)18-8-7-16-15-6-5-13-11-14(23)9-10-21(13,3)19(15)17(24)12-22(16,18)4/h11,15-19,24-25H,5-10,12H2,1-4H3/t15?,16?,17?,18-,19?,21+,22+/m1/s1. The number of hydrogen-bond acceptors (Lipinski definition) is 3.